The third-order valence-electron chi connectivity index (χ3n) is 3.37. The first-order valence-electron chi connectivity index (χ1n) is 6.94. The summed E-state index contributed by atoms with van der Waals surface area (Å²) in [5.74, 6) is -1.95. The average molecular weight is 297 g/mol. The molecule has 0 aliphatic rings. The molecule has 6 heteroatoms. The van der Waals surface area contributed by atoms with Crippen LogP contribution in [0.4, 0.5) is 13.2 Å². The zero-order chi connectivity index (χ0) is 15.4. The lowest BCUT2D eigenvalue weighted by molar-refractivity contribution is 0.452. The summed E-state index contributed by atoms with van der Waals surface area (Å²) >= 11 is 0. The first-order valence-corrected chi connectivity index (χ1v) is 6.94. The largest absolute Gasteiger partial charge is 0.335 e. The molecular weight excluding hydrogens is 279 g/mol. The minimum absolute atomic E-state index is 0.149. The van der Waals surface area contributed by atoms with Crippen LogP contribution in [0.15, 0.2) is 24.5 Å². The van der Waals surface area contributed by atoms with Crippen molar-refractivity contribution in [3.8, 4) is 0 Å². The van der Waals surface area contributed by atoms with Crippen LogP contribution in [-0.4, -0.2) is 16.1 Å². The Morgan fingerprint density at radius 3 is 2.43 bits per heavy atom. The van der Waals surface area contributed by atoms with Crippen molar-refractivity contribution in [1.29, 1.82) is 0 Å². The second-order valence-corrected chi connectivity index (χ2v) is 4.73. The zero-order valence-corrected chi connectivity index (χ0v) is 12.0. The molecule has 0 amide bonds. The fourth-order valence-corrected chi connectivity index (χ4v) is 2.41. The number of benzene rings is 1. The fourth-order valence-electron chi connectivity index (χ4n) is 2.41. The van der Waals surface area contributed by atoms with E-state index in [2.05, 4.69) is 10.3 Å². The molecule has 0 saturated carbocycles. The van der Waals surface area contributed by atoms with Gasteiger partial charge in [0.2, 0.25) is 0 Å². The van der Waals surface area contributed by atoms with Crippen molar-refractivity contribution in [2.45, 2.75) is 32.9 Å². The second-order valence-electron chi connectivity index (χ2n) is 4.73. The maximum atomic E-state index is 13.9. The van der Waals surface area contributed by atoms with Crippen molar-refractivity contribution < 1.29 is 13.2 Å². The van der Waals surface area contributed by atoms with Crippen molar-refractivity contribution in [3.05, 3.63) is 53.4 Å². The van der Waals surface area contributed by atoms with Gasteiger partial charge in [0, 0.05) is 49.1 Å². The van der Waals surface area contributed by atoms with Crippen molar-refractivity contribution >= 4 is 0 Å². The highest BCUT2D eigenvalue weighted by molar-refractivity contribution is 5.25. The molecule has 21 heavy (non-hydrogen) atoms. The molecular formula is C15H18F3N3. The molecule has 3 nitrogen and oxygen atoms in total. The SMILES string of the molecule is CCNC(Cc1nccn1CC)c1c(F)cc(F)cc1F. The second kappa shape index (κ2) is 6.76. The minimum Gasteiger partial charge on any atom is -0.335 e. The lowest BCUT2D eigenvalue weighted by atomic mass is 10.0. The third-order valence-corrected chi connectivity index (χ3v) is 3.37. The van der Waals surface area contributed by atoms with Gasteiger partial charge in [-0.3, -0.25) is 0 Å². The van der Waals surface area contributed by atoms with Gasteiger partial charge in [-0.2, -0.15) is 0 Å². The lowest BCUT2D eigenvalue weighted by Crippen LogP contribution is -2.26. The monoisotopic (exact) mass is 297 g/mol. The first-order chi connectivity index (χ1) is 10.1. The topological polar surface area (TPSA) is 29.9 Å². The Morgan fingerprint density at radius 2 is 1.86 bits per heavy atom. The van der Waals surface area contributed by atoms with Gasteiger partial charge in [-0.25, -0.2) is 18.2 Å². The van der Waals surface area contributed by atoms with Gasteiger partial charge in [0.1, 0.15) is 23.3 Å². The van der Waals surface area contributed by atoms with Crippen LogP contribution in [0, 0.1) is 17.5 Å². The van der Waals surface area contributed by atoms with Crippen LogP contribution in [0.3, 0.4) is 0 Å². The number of rotatable bonds is 6. The van der Waals surface area contributed by atoms with E-state index in [4.69, 9.17) is 0 Å². The number of aryl methyl sites for hydroxylation is 1. The van der Waals surface area contributed by atoms with Crippen LogP contribution in [0.5, 0.6) is 0 Å². The number of aromatic nitrogens is 2. The van der Waals surface area contributed by atoms with E-state index in [1.807, 2.05) is 24.6 Å². The van der Waals surface area contributed by atoms with E-state index in [9.17, 15) is 13.2 Å². The summed E-state index contributed by atoms with van der Waals surface area (Å²) in [7, 11) is 0. The summed E-state index contributed by atoms with van der Waals surface area (Å²) in [6, 6.07) is 0.813. The van der Waals surface area contributed by atoms with Crippen LogP contribution in [0.2, 0.25) is 0 Å². The predicted molar refractivity (Wildman–Crippen MR) is 74.3 cm³/mol. The smallest absolute Gasteiger partial charge is 0.133 e. The average Bonchev–Trinajstić information content (AvgIpc) is 2.85. The van der Waals surface area contributed by atoms with Crippen LogP contribution in [-0.2, 0) is 13.0 Å². The number of nitrogens with one attached hydrogen (secondary N) is 1. The molecule has 0 spiro atoms. The van der Waals surface area contributed by atoms with E-state index < -0.39 is 23.5 Å². The van der Waals surface area contributed by atoms with Gasteiger partial charge < -0.3 is 9.88 Å². The number of nitrogens with zero attached hydrogens (tertiary/aromatic N) is 2. The number of hydrogen-bond acceptors (Lipinski definition) is 2. The summed E-state index contributed by atoms with van der Waals surface area (Å²) in [5.41, 5.74) is -0.149. The Balaban J connectivity index is 2.35. The van der Waals surface area contributed by atoms with Gasteiger partial charge in [-0.15, -0.1) is 0 Å². The minimum atomic E-state index is -0.918. The van der Waals surface area contributed by atoms with Gasteiger partial charge in [-0.05, 0) is 13.5 Å². The molecule has 0 aliphatic heterocycles. The van der Waals surface area contributed by atoms with Crippen molar-refractivity contribution in [1.82, 2.24) is 14.9 Å². The summed E-state index contributed by atoms with van der Waals surface area (Å²) in [5, 5.41) is 3.03. The summed E-state index contributed by atoms with van der Waals surface area (Å²) in [6.07, 6.45) is 3.79. The molecule has 1 heterocycles. The first kappa shape index (κ1) is 15.6. The molecule has 114 valence electrons. The summed E-state index contributed by atoms with van der Waals surface area (Å²) in [6.45, 7) is 5.07. The Kier molecular flexibility index (Phi) is 5.01. The molecule has 0 bridgehead atoms. The van der Waals surface area contributed by atoms with Crippen molar-refractivity contribution in [2.24, 2.45) is 0 Å². The maximum Gasteiger partial charge on any atom is 0.133 e. The molecule has 2 aromatic rings. The molecule has 0 fully saturated rings. The fraction of sp³-hybridized carbons (Fsp3) is 0.400. The van der Waals surface area contributed by atoms with Crippen LogP contribution in [0.25, 0.3) is 0 Å². The van der Waals surface area contributed by atoms with Gasteiger partial charge >= 0.3 is 0 Å². The van der Waals surface area contributed by atoms with E-state index in [1.165, 1.54) is 0 Å². The predicted octanol–water partition coefficient (Wildman–Crippen LogP) is 3.21. The molecule has 1 N–H and O–H groups in total. The molecule has 0 saturated heterocycles. The number of likely N-dealkylation sites (N-methyl/N-ethyl adjacent to an activating group) is 1. The highest BCUT2D eigenvalue weighted by Crippen LogP contribution is 2.25. The van der Waals surface area contributed by atoms with E-state index in [0.717, 1.165) is 12.4 Å². The van der Waals surface area contributed by atoms with Crippen molar-refractivity contribution in [3.63, 3.8) is 0 Å². The van der Waals surface area contributed by atoms with Gasteiger partial charge in [0.25, 0.3) is 0 Å². The Labute approximate surface area is 121 Å². The van der Waals surface area contributed by atoms with Crippen LogP contribution < -0.4 is 5.32 Å². The molecule has 0 radical (unpaired) electrons. The standard InChI is InChI=1S/C15H18F3N3/c1-3-19-13(9-14-20-5-6-21(14)4-2)15-11(17)7-10(16)8-12(15)18/h5-8,13,19H,3-4,9H2,1-2H3. The lowest BCUT2D eigenvalue weighted by Gasteiger charge is -2.20. The van der Waals surface area contributed by atoms with Crippen LogP contribution in [0.1, 0.15) is 31.3 Å². The van der Waals surface area contributed by atoms with Gasteiger partial charge in [0.15, 0.2) is 0 Å². The molecule has 1 atom stereocenters. The van der Waals surface area contributed by atoms with Gasteiger partial charge in [0.05, 0.1) is 0 Å². The Morgan fingerprint density at radius 1 is 1.19 bits per heavy atom. The Bertz CT molecular complexity index is 587. The quantitative estimate of drug-likeness (QED) is 0.887. The number of hydrogen-bond donors (Lipinski definition) is 1. The normalized spacial score (nSPS) is 12.6. The summed E-state index contributed by atoms with van der Waals surface area (Å²) in [4.78, 5) is 4.22. The van der Waals surface area contributed by atoms with Gasteiger partial charge in [-0.1, -0.05) is 6.92 Å². The summed E-state index contributed by atoms with van der Waals surface area (Å²) < 4.78 is 42.8. The zero-order valence-electron chi connectivity index (χ0n) is 12.0. The van der Waals surface area contributed by atoms with E-state index in [-0.39, 0.29) is 5.56 Å². The van der Waals surface area contributed by atoms with Crippen molar-refractivity contribution in [2.75, 3.05) is 6.54 Å². The number of imidazole rings is 1. The molecule has 0 aliphatic carbocycles. The highest BCUT2D eigenvalue weighted by atomic mass is 19.1. The van der Waals surface area contributed by atoms with Crippen LogP contribution >= 0.6 is 0 Å². The van der Waals surface area contributed by atoms with E-state index in [1.54, 1.807) is 6.20 Å². The van der Waals surface area contributed by atoms with E-state index in [0.29, 0.717) is 25.1 Å². The Hall–Kier alpha value is -1.82. The highest BCUT2D eigenvalue weighted by Gasteiger charge is 2.22. The van der Waals surface area contributed by atoms with E-state index >= 15 is 0 Å². The molecule has 1 aromatic heterocycles. The molecule has 1 aromatic carbocycles. The maximum absolute atomic E-state index is 13.9. The third kappa shape index (κ3) is 3.44. The molecule has 1 unspecified atom stereocenters. The molecule has 2 rings (SSSR count). The number of halogens is 3.